The normalized spacial score (nSPS) is 14.5. The standard InChI is InChI=1S/C22H27F3N4O2S/c1-2-3-13-29(20(31)16-6-4-5-7-16)14-12-18(30)26-21-28-27-19(32-21)15-8-10-17(11-9-15)22(23,24)25/h8-11,16H,2-7,12-14H2,1H3,(H,26,28,30). The number of aromatic nitrogens is 2. The van der Waals surface area contributed by atoms with Crippen LogP contribution in [-0.2, 0) is 15.8 Å². The largest absolute Gasteiger partial charge is 0.416 e. The zero-order chi connectivity index (χ0) is 23.1. The summed E-state index contributed by atoms with van der Waals surface area (Å²) in [6.07, 6.45) is 1.62. The first-order valence-corrected chi connectivity index (χ1v) is 11.7. The van der Waals surface area contributed by atoms with Gasteiger partial charge in [0.2, 0.25) is 16.9 Å². The predicted octanol–water partition coefficient (Wildman–Crippen LogP) is 5.37. The summed E-state index contributed by atoms with van der Waals surface area (Å²) in [5.41, 5.74) is -0.247. The molecule has 0 bridgehead atoms. The van der Waals surface area contributed by atoms with Crippen LogP contribution in [0.2, 0.25) is 0 Å². The molecule has 1 N–H and O–H groups in total. The first-order valence-electron chi connectivity index (χ1n) is 10.9. The smallest absolute Gasteiger partial charge is 0.342 e. The van der Waals surface area contributed by atoms with Crippen molar-refractivity contribution in [3.05, 3.63) is 29.8 Å². The minimum absolute atomic E-state index is 0.0735. The Morgan fingerprint density at radius 3 is 2.44 bits per heavy atom. The summed E-state index contributed by atoms with van der Waals surface area (Å²) in [5, 5.41) is 11.2. The third kappa shape index (κ3) is 6.51. The van der Waals surface area contributed by atoms with Gasteiger partial charge in [0, 0.05) is 31.0 Å². The highest BCUT2D eigenvalue weighted by Gasteiger charge is 2.30. The van der Waals surface area contributed by atoms with E-state index < -0.39 is 11.7 Å². The van der Waals surface area contributed by atoms with Gasteiger partial charge in [-0.1, -0.05) is 49.7 Å². The number of carbonyl (C=O) groups excluding carboxylic acids is 2. The average molecular weight is 469 g/mol. The average Bonchev–Trinajstić information content (AvgIpc) is 3.45. The molecule has 0 aliphatic heterocycles. The van der Waals surface area contributed by atoms with Crippen molar-refractivity contribution in [3.63, 3.8) is 0 Å². The van der Waals surface area contributed by atoms with Crippen LogP contribution in [0.1, 0.15) is 57.4 Å². The molecule has 1 heterocycles. The molecule has 32 heavy (non-hydrogen) atoms. The molecule has 0 atom stereocenters. The third-order valence-electron chi connectivity index (χ3n) is 5.54. The number of benzene rings is 1. The van der Waals surface area contributed by atoms with E-state index in [1.807, 2.05) is 0 Å². The van der Waals surface area contributed by atoms with E-state index in [-0.39, 0.29) is 29.3 Å². The highest BCUT2D eigenvalue weighted by atomic mass is 32.1. The summed E-state index contributed by atoms with van der Waals surface area (Å²) in [6.45, 7) is 3.07. The molecule has 2 amide bonds. The van der Waals surface area contributed by atoms with E-state index in [9.17, 15) is 22.8 Å². The summed E-state index contributed by atoms with van der Waals surface area (Å²) in [6, 6.07) is 4.63. The van der Waals surface area contributed by atoms with Gasteiger partial charge in [-0.2, -0.15) is 13.2 Å². The van der Waals surface area contributed by atoms with Gasteiger partial charge in [-0.3, -0.25) is 9.59 Å². The number of rotatable bonds is 9. The van der Waals surface area contributed by atoms with Crippen LogP contribution in [0.5, 0.6) is 0 Å². The monoisotopic (exact) mass is 468 g/mol. The molecule has 0 radical (unpaired) electrons. The van der Waals surface area contributed by atoms with Crippen LogP contribution in [0.15, 0.2) is 24.3 Å². The number of unbranched alkanes of at least 4 members (excludes halogenated alkanes) is 1. The summed E-state index contributed by atoms with van der Waals surface area (Å²) in [4.78, 5) is 27.0. The van der Waals surface area contributed by atoms with Gasteiger partial charge in [-0.05, 0) is 31.4 Å². The molecule has 2 aromatic rings. The molecule has 1 aromatic heterocycles. The summed E-state index contributed by atoms with van der Waals surface area (Å²) < 4.78 is 38.1. The molecule has 0 unspecified atom stereocenters. The summed E-state index contributed by atoms with van der Waals surface area (Å²) in [5.74, 6) is -0.0607. The number of alkyl halides is 3. The number of hydrogen-bond acceptors (Lipinski definition) is 5. The van der Waals surface area contributed by atoms with E-state index >= 15 is 0 Å². The number of nitrogens with zero attached hydrogens (tertiary/aromatic N) is 3. The highest BCUT2D eigenvalue weighted by Crippen LogP contribution is 2.32. The fourth-order valence-corrected chi connectivity index (χ4v) is 4.49. The van der Waals surface area contributed by atoms with Gasteiger partial charge in [0.1, 0.15) is 5.01 Å². The minimum Gasteiger partial charge on any atom is -0.342 e. The van der Waals surface area contributed by atoms with E-state index in [1.54, 1.807) is 4.90 Å². The van der Waals surface area contributed by atoms with Crippen molar-refractivity contribution in [2.75, 3.05) is 18.4 Å². The Balaban J connectivity index is 1.55. The number of carbonyl (C=O) groups is 2. The Bertz CT molecular complexity index is 909. The molecule has 174 valence electrons. The van der Waals surface area contributed by atoms with Crippen LogP contribution >= 0.6 is 11.3 Å². The van der Waals surface area contributed by atoms with Gasteiger partial charge in [-0.15, -0.1) is 10.2 Å². The van der Waals surface area contributed by atoms with Crippen molar-refractivity contribution < 1.29 is 22.8 Å². The predicted molar refractivity (Wildman–Crippen MR) is 117 cm³/mol. The molecule has 0 spiro atoms. The molecular formula is C22H27F3N4O2S. The van der Waals surface area contributed by atoms with Crippen LogP contribution in [0.3, 0.4) is 0 Å². The zero-order valence-electron chi connectivity index (χ0n) is 18.0. The minimum atomic E-state index is -4.40. The molecule has 6 nitrogen and oxygen atoms in total. The topological polar surface area (TPSA) is 75.2 Å². The maximum absolute atomic E-state index is 12.8. The Labute approximate surface area is 189 Å². The zero-order valence-corrected chi connectivity index (χ0v) is 18.8. The Hall–Kier alpha value is -2.49. The fraction of sp³-hybridized carbons (Fsp3) is 0.545. The third-order valence-corrected chi connectivity index (χ3v) is 6.42. The van der Waals surface area contributed by atoms with E-state index in [0.717, 1.165) is 62.0 Å². The summed E-state index contributed by atoms with van der Waals surface area (Å²) >= 11 is 1.09. The second-order valence-electron chi connectivity index (χ2n) is 7.95. The lowest BCUT2D eigenvalue weighted by molar-refractivity contribution is -0.138. The molecule has 3 rings (SSSR count). The van der Waals surface area contributed by atoms with Gasteiger partial charge in [0.25, 0.3) is 0 Å². The second-order valence-corrected chi connectivity index (χ2v) is 8.92. The molecule has 10 heteroatoms. The maximum Gasteiger partial charge on any atom is 0.416 e. The Morgan fingerprint density at radius 1 is 1.12 bits per heavy atom. The first-order chi connectivity index (χ1) is 15.3. The Kier molecular flexibility index (Phi) is 8.22. The lowest BCUT2D eigenvalue weighted by Crippen LogP contribution is -2.38. The lowest BCUT2D eigenvalue weighted by atomic mass is 10.1. The SMILES string of the molecule is CCCCN(CCC(=O)Nc1nnc(-c2ccc(C(F)(F)F)cc2)s1)C(=O)C1CCCC1. The fourth-order valence-electron chi connectivity index (χ4n) is 3.72. The molecule has 1 fully saturated rings. The summed E-state index contributed by atoms with van der Waals surface area (Å²) in [7, 11) is 0. The number of nitrogens with one attached hydrogen (secondary N) is 1. The van der Waals surface area contributed by atoms with Crippen molar-refractivity contribution in [2.45, 2.75) is 58.0 Å². The van der Waals surface area contributed by atoms with Crippen LogP contribution < -0.4 is 5.32 Å². The molecule has 1 aromatic carbocycles. The Morgan fingerprint density at radius 2 is 1.81 bits per heavy atom. The molecule has 0 saturated heterocycles. The first kappa shape index (κ1) is 24.2. The molecule has 1 aliphatic carbocycles. The van der Waals surface area contributed by atoms with Crippen molar-refractivity contribution in [1.29, 1.82) is 0 Å². The number of halogens is 3. The number of hydrogen-bond donors (Lipinski definition) is 1. The van der Waals surface area contributed by atoms with Crippen LogP contribution in [0.25, 0.3) is 10.6 Å². The van der Waals surface area contributed by atoms with Gasteiger partial charge < -0.3 is 10.2 Å². The number of anilines is 1. The lowest BCUT2D eigenvalue weighted by Gasteiger charge is -2.25. The van der Waals surface area contributed by atoms with Crippen LogP contribution in [0.4, 0.5) is 18.3 Å². The number of amides is 2. The van der Waals surface area contributed by atoms with Crippen molar-refractivity contribution in [2.24, 2.45) is 5.92 Å². The molecule has 1 aliphatic rings. The van der Waals surface area contributed by atoms with Crippen molar-refractivity contribution in [1.82, 2.24) is 15.1 Å². The van der Waals surface area contributed by atoms with Gasteiger partial charge >= 0.3 is 6.18 Å². The van der Waals surface area contributed by atoms with Crippen molar-refractivity contribution >= 4 is 28.3 Å². The van der Waals surface area contributed by atoms with Gasteiger partial charge in [0.15, 0.2) is 0 Å². The van der Waals surface area contributed by atoms with Crippen LogP contribution in [0, 0.1) is 5.92 Å². The molecule has 1 saturated carbocycles. The van der Waals surface area contributed by atoms with Crippen LogP contribution in [-0.4, -0.2) is 40.0 Å². The van der Waals surface area contributed by atoms with E-state index in [2.05, 4.69) is 22.4 Å². The van der Waals surface area contributed by atoms with E-state index in [0.29, 0.717) is 23.7 Å². The quantitative estimate of drug-likeness (QED) is 0.537. The van der Waals surface area contributed by atoms with E-state index in [4.69, 9.17) is 0 Å². The van der Waals surface area contributed by atoms with E-state index in [1.165, 1.54) is 12.1 Å². The highest BCUT2D eigenvalue weighted by molar-refractivity contribution is 7.18. The molecular weight excluding hydrogens is 441 g/mol. The van der Waals surface area contributed by atoms with Gasteiger partial charge in [-0.25, -0.2) is 0 Å². The second kappa shape index (κ2) is 10.9. The van der Waals surface area contributed by atoms with Gasteiger partial charge in [0.05, 0.1) is 5.56 Å². The van der Waals surface area contributed by atoms with Crippen molar-refractivity contribution in [3.8, 4) is 10.6 Å². The maximum atomic E-state index is 12.8.